The molecule has 0 aromatic carbocycles. The molecule has 0 saturated heterocycles. The number of aryl methyl sites for hydroxylation is 1. The topological polar surface area (TPSA) is 71.9 Å². The maximum absolute atomic E-state index is 12.6. The van der Waals surface area contributed by atoms with E-state index in [4.69, 9.17) is 4.74 Å². The first-order valence-electron chi connectivity index (χ1n) is 6.56. The number of methoxy groups -OCH3 is 1. The summed E-state index contributed by atoms with van der Waals surface area (Å²) < 4.78 is 34.7. The molecule has 0 aliphatic rings. The molecule has 0 aliphatic carbocycles. The number of carboxylic acid groups (broad SMARTS) is 1. The number of ether oxygens (including phenoxy) is 2. The first-order valence-corrected chi connectivity index (χ1v) is 6.56. The Labute approximate surface area is 127 Å². The Kier molecular flexibility index (Phi) is 5.51. The smallest absolute Gasteiger partial charge is 0.408 e. The van der Waals surface area contributed by atoms with Crippen LogP contribution in [0.1, 0.15) is 32.0 Å². The van der Waals surface area contributed by atoms with Crippen LogP contribution in [0, 0.1) is 6.92 Å². The lowest BCUT2D eigenvalue weighted by Gasteiger charge is -2.33. The van der Waals surface area contributed by atoms with Gasteiger partial charge >= 0.3 is 12.7 Å². The number of hydrogen-bond donors (Lipinski definition) is 1. The van der Waals surface area contributed by atoms with E-state index in [9.17, 15) is 18.7 Å². The zero-order chi connectivity index (χ0) is 17.1. The zero-order valence-electron chi connectivity index (χ0n) is 13.2. The van der Waals surface area contributed by atoms with Crippen LogP contribution in [0.2, 0.25) is 0 Å². The zero-order valence-corrected chi connectivity index (χ0v) is 13.2. The lowest BCUT2D eigenvalue weighted by molar-refractivity contribution is -0.0510. The van der Waals surface area contributed by atoms with Crippen LogP contribution in [-0.4, -0.2) is 40.3 Å². The second-order valence-corrected chi connectivity index (χ2v) is 5.67. The highest BCUT2D eigenvalue weighted by Gasteiger charge is 2.29. The van der Waals surface area contributed by atoms with Gasteiger partial charge in [-0.25, -0.2) is 9.78 Å². The van der Waals surface area contributed by atoms with Crippen molar-refractivity contribution in [2.24, 2.45) is 0 Å². The molecular formula is C14H20F2N2O4. The van der Waals surface area contributed by atoms with Gasteiger partial charge in [0.15, 0.2) is 0 Å². The summed E-state index contributed by atoms with van der Waals surface area (Å²) in [6.45, 7) is 3.48. The van der Waals surface area contributed by atoms with Gasteiger partial charge in [-0.1, -0.05) is 0 Å². The van der Waals surface area contributed by atoms with Gasteiger partial charge in [-0.05, 0) is 27.7 Å². The van der Waals surface area contributed by atoms with E-state index < -0.39 is 18.2 Å². The largest absolute Gasteiger partial charge is 0.481 e. The van der Waals surface area contributed by atoms with Crippen molar-refractivity contribution in [1.29, 1.82) is 0 Å². The van der Waals surface area contributed by atoms with Gasteiger partial charge in [0.2, 0.25) is 5.88 Å². The van der Waals surface area contributed by atoms with Crippen LogP contribution in [0.25, 0.3) is 0 Å². The molecule has 0 fully saturated rings. The summed E-state index contributed by atoms with van der Waals surface area (Å²) in [6.07, 6.45) is -1.18. The van der Waals surface area contributed by atoms with E-state index in [0.29, 0.717) is 5.69 Å². The third kappa shape index (κ3) is 4.44. The van der Waals surface area contributed by atoms with E-state index in [1.807, 2.05) is 0 Å². The molecule has 1 amide bonds. The third-order valence-corrected chi connectivity index (χ3v) is 2.94. The number of halogens is 2. The summed E-state index contributed by atoms with van der Waals surface area (Å²) in [4.78, 5) is 16.6. The molecular weight excluding hydrogens is 298 g/mol. The summed E-state index contributed by atoms with van der Waals surface area (Å²) in [7, 11) is 1.33. The number of rotatable bonds is 5. The molecule has 0 atom stereocenters. The summed E-state index contributed by atoms with van der Waals surface area (Å²) in [5.74, 6) is -0.0824. The van der Waals surface area contributed by atoms with E-state index in [1.54, 1.807) is 27.7 Å². The molecule has 0 bridgehead atoms. The quantitative estimate of drug-likeness (QED) is 0.902. The highest BCUT2D eigenvalue weighted by atomic mass is 19.3. The first-order chi connectivity index (χ1) is 10.1. The van der Waals surface area contributed by atoms with Crippen molar-refractivity contribution >= 4 is 6.09 Å². The average Bonchev–Trinajstić information content (AvgIpc) is 2.33. The van der Waals surface area contributed by atoms with E-state index in [-0.39, 0.29) is 23.7 Å². The molecule has 0 saturated carbocycles. The van der Waals surface area contributed by atoms with Gasteiger partial charge in [-0.3, -0.25) is 4.90 Å². The minimum Gasteiger partial charge on any atom is -0.481 e. The van der Waals surface area contributed by atoms with Crippen LogP contribution in [0.3, 0.4) is 0 Å². The van der Waals surface area contributed by atoms with E-state index in [0.717, 1.165) is 4.90 Å². The van der Waals surface area contributed by atoms with Gasteiger partial charge in [0.25, 0.3) is 0 Å². The van der Waals surface area contributed by atoms with E-state index >= 15 is 0 Å². The highest BCUT2D eigenvalue weighted by molar-refractivity contribution is 5.66. The number of nitrogens with zero attached hydrogens (tertiary/aromatic N) is 2. The predicted octanol–water partition coefficient (Wildman–Crippen LogP) is 3.28. The lowest BCUT2D eigenvalue weighted by Crippen LogP contribution is -2.44. The maximum Gasteiger partial charge on any atom is 0.408 e. The fourth-order valence-electron chi connectivity index (χ4n) is 1.91. The van der Waals surface area contributed by atoms with Gasteiger partial charge in [0, 0.05) is 17.3 Å². The Bertz CT molecular complexity index is 544. The van der Waals surface area contributed by atoms with Crippen molar-refractivity contribution < 1.29 is 28.2 Å². The van der Waals surface area contributed by atoms with Crippen molar-refractivity contribution in [2.75, 3.05) is 7.11 Å². The third-order valence-electron chi connectivity index (χ3n) is 2.94. The summed E-state index contributed by atoms with van der Waals surface area (Å²) in [6, 6.07) is 1.33. The minimum atomic E-state index is -3.03. The van der Waals surface area contributed by atoms with Crippen molar-refractivity contribution in [3.8, 4) is 11.6 Å². The molecule has 1 aromatic rings. The molecule has 8 heteroatoms. The molecule has 1 rings (SSSR count). The van der Waals surface area contributed by atoms with Crippen LogP contribution in [0.15, 0.2) is 6.07 Å². The standard InChI is InChI=1S/C14H20F2N2O4/c1-8-6-10(22-12(15)16)9(11(17-8)21-5)7-18(13(19)20)14(2,3)4/h6,12H,7H2,1-5H3,(H,19,20). The highest BCUT2D eigenvalue weighted by Crippen LogP contribution is 2.32. The van der Waals surface area contributed by atoms with Crippen LogP contribution in [0.5, 0.6) is 11.6 Å². The Morgan fingerprint density at radius 1 is 1.45 bits per heavy atom. The Hall–Kier alpha value is -2.12. The minimum absolute atomic E-state index is 0.0612. The van der Waals surface area contributed by atoms with Crippen molar-refractivity contribution in [1.82, 2.24) is 9.88 Å². The van der Waals surface area contributed by atoms with Crippen molar-refractivity contribution in [2.45, 2.75) is 46.4 Å². The van der Waals surface area contributed by atoms with Crippen molar-refractivity contribution in [3.63, 3.8) is 0 Å². The number of carbonyl (C=O) groups is 1. The molecule has 124 valence electrons. The molecule has 1 N–H and O–H groups in total. The fraction of sp³-hybridized carbons (Fsp3) is 0.571. The summed E-state index contributed by atoms with van der Waals surface area (Å²) in [5.41, 5.74) is -0.149. The normalized spacial score (nSPS) is 11.5. The fourth-order valence-corrected chi connectivity index (χ4v) is 1.91. The van der Waals surface area contributed by atoms with E-state index in [2.05, 4.69) is 9.72 Å². The average molecular weight is 318 g/mol. The van der Waals surface area contributed by atoms with Gasteiger partial charge < -0.3 is 14.6 Å². The van der Waals surface area contributed by atoms with E-state index in [1.165, 1.54) is 13.2 Å². The van der Waals surface area contributed by atoms with Crippen LogP contribution < -0.4 is 9.47 Å². The number of amides is 1. The molecule has 0 aliphatic heterocycles. The number of aromatic nitrogens is 1. The first kappa shape index (κ1) is 17.9. The number of hydrogen-bond acceptors (Lipinski definition) is 4. The Morgan fingerprint density at radius 2 is 2.05 bits per heavy atom. The molecule has 0 unspecified atom stereocenters. The second-order valence-electron chi connectivity index (χ2n) is 5.67. The van der Waals surface area contributed by atoms with Crippen LogP contribution in [-0.2, 0) is 6.54 Å². The monoisotopic (exact) mass is 318 g/mol. The molecule has 6 nitrogen and oxygen atoms in total. The van der Waals surface area contributed by atoms with Gasteiger partial charge in [-0.15, -0.1) is 0 Å². The second kappa shape index (κ2) is 6.76. The molecule has 0 radical (unpaired) electrons. The van der Waals surface area contributed by atoms with Crippen LogP contribution in [0.4, 0.5) is 13.6 Å². The molecule has 0 spiro atoms. The predicted molar refractivity (Wildman–Crippen MR) is 75.5 cm³/mol. The molecule has 22 heavy (non-hydrogen) atoms. The SMILES string of the molecule is COc1nc(C)cc(OC(F)F)c1CN(C(=O)O)C(C)(C)C. The van der Waals surface area contributed by atoms with Gasteiger partial charge in [-0.2, -0.15) is 8.78 Å². The van der Waals surface area contributed by atoms with Crippen molar-refractivity contribution in [3.05, 3.63) is 17.3 Å². The lowest BCUT2D eigenvalue weighted by atomic mass is 10.1. The maximum atomic E-state index is 12.6. The van der Waals surface area contributed by atoms with Gasteiger partial charge in [0.1, 0.15) is 5.75 Å². The Morgan fingerprint density at radius 3 is 2.45 bits per heavy atom. The Balaban J connectivity index is 3.33. The summed E-state index contributed by atoms with van der Waals surface area (Å²) >= 11 is 0. The molecule has 1 heterocycles. The number of pyridine rings is 1. The number of alkyl halides is 2. The molecule has 1 aromatic heterocycles. The van der Waals surface area contributed by atoms with Gasteiger partial charge in [0.05, 0.1) is 19.2 Å². The van der Waals surface area contributed by atoms with Crippen LogP contribution >= 0.6 is 0 Å². The summed E-state index contributed by atoms with van der Waals surface area (Å²) in [5, 5.41) is 9.34.